The van der Waals surface area contributed by atoms with Gasteiger partial charge in [0.15, 0.2) is 0 Å². The number of pyridine rings is 1. The van der Waals surface area contributed by atoms with Gasteiger partial charge in [0, 0.05) is 37.3 Å². The van der Waals surface area contributed by atoms with Gasteiger partial charge >= 0.3 is 0 Å². The van der Waals surface area contributed by atoms with Gasteiger partial charge in [0.05, 0.1) is 0 Å². The second kappa shape index (κ2) is 9.51. The number of hydrogen-bond acceptors (Lipinski definition) is 2. The van der Waals surface area contributed by atoms with Crippen LogP contribution in [0.15, 0.2) is 42.6 Å². The van der Waals surface area contributed by atoms with Gasteiger partial charge in [0.25, 0.3) is 0 Å². The summed E-state index contributed by atoms with van der Waals surface area (Å²) in [6.07, 6.45) is 11.9. The van der Waals surface area contributed by atoms with E-state index >= 15 is 0 Å². The summed E-state index contributed by atoms with van der Waals surface area (Å²) in [5, 5.41) is 0. The van der Waals surface area contributed by atoms with Crippen LogP contribution in [0.1, 0.15) is 74.1 Å². The van der Waals surface area contributed by atoms with Crippen molar-refractivity contribution < 1.29 is 9.18 Å². The van der Waals surface area contributed by atoms with Crippen LogP contribution in [0, 0.1) is 11.7 Å². The Balaban J connectivity index is 1.34. The average molecular weight is 395 g/mol. The van der Waals surface area contributed by atoms with E-state index in [0.29, 0.717) is 17.7 Å². The maximum absolute atomic E-state index is 13.1. The minimum atomic E-state index is -0.206. The highest BCUT2D eigenvalue weighted by atomic mass is 19.1. The van der Waals surface area contributed by atoms with Crippen molar-refractivity contribution in [3.05, 3.63) is 65.2 Å². The first-order valence-electron chi connectivity index (χ1n) is 11.1. The molecule has 2 heterocycles. The van der Waals surface area contributed by atoms with Crippen molar-refractivity contribution in [1.82, 2.24) is 9.88 Å². The zero-order valence-corrected chi connectivity index (χ0v) is 17.2. The van der Waals surface area contributed by atoms with Gasteiger partial charge in [-0.3, -0.25) is 9.78 Å². The number of piperidine rings is 1. The standard InChI is InChI=1S/C25H31FN2O/c26-23-11-8-20(9-12-23)15-21-10-13-24(27-17-21)22-7-4-14-28(18-22)25(29)16-19-5-2-1-3-6-19/h8-13,17,19,22H,1-7,14-16,18H2/t22-/m1/s1. The number of halogens is 1. The summed E-state index contributed by atoms with van der Waals surface area (Å²) in [7, 11) is 0. The maximum atomic E-state index is 13.1. The van der Waals surface area contributed by atoms with E-state index in [4.69, 9.17) is 4.98 Å². The monoisotopic (exact) mass is 394 g/mol. The molecule has 1 amide bonds. The molecule has 1 aliphatic carbocycles. The van der Waals surface area contributed by atoms with Crippen molar-refractivity contribution in [1.29, 1.82) is 0 Å². The van der Waals surface area contributed by atoms with Gasteiger partial charge in [0.1, 0.15) is 5.82 Å². The first kappa shape index (κ1) is 20.1. The highest BCUT2D eigenvalue weighted by Crippen LogP contribution is 2.30. The zero-order chi connectivity index (χ0) is 20.1. The smallest absolute Gasteiger partial charge is 0.222 e. The van der Waals surface area contributed by atoms with E-state index < -0.39 is 0 Å². The Bertz CT molecular complexity index is 797. The highest BCUT2D eigenvalue weighted by Gasteiger charge is 2.27. The maximum Gasteiger partial charge on any atom is 0.222 e. The molecule has 1 aromatic carbocycles. The van der Waals surface area contributed by atoms with Crippen molar-refractivity contribution in [2.75, 3.05) is 13.1 Å². The van der Waals surface area contributed by atoms with Crippen LogP contribution in [-0.2, 0) is 11.2 Å². The second-order valence-corrected chi connectivity index (χ2v) is 8.78. The zero-order valence-electron chi connectivity index (χ0n) is 17.2. The molecule has 1 saturated heterocycles. The normalized spacial score (nSPS) is 20.6. The van der Waals surface area contributed by atoms with Crippen molar-refractivity contribution >= 4 is 5.91 Å². The lowest BCUT2D eigenvalue weighted by Crippen LogP contribution is -2.40. The SMILES string of the molecule is O=C(CC1CCCCC1)N1CCC[C@@H](c2ccc(Cc3ccc(F)cc3)cn2)C1. The molecule has 4 heteroatoms. The molecule has 0 N–H and O–H groups in total. The topological polar surface area (TPSA) is 33.2 Å². The minimum Gasteiger partial charge on any atom is -0.342 e. The third-order valence-corrected chi connectivity index (χ3v) is 6.55. The molecule has 2 aromatic rings. The number of carbonyl (C=O) groups is 1. The number of carbonyl (C=O) groups excluding carboxylic acids is 1. The van der Waals surface area contributed by atoms with Crippen molar-refractivity contribution in [3.63, 3.8) is 0 Å². The van der Waals surface area contributed by atoms with Crippen LogP contribution in [0.4, 0.5) is 4.39 Å². The van der Waals surface area contributed by atoms with Crippen LogP contribution in [0.25, 0.3) is 0 Å². The number of rotatable bonds is 5. The van der Waals surface area contributed by atoms with Gasteiger partial charge in [-0.1, -0.05) is 37.5 Å². The van der Waals surface area contributed by atoms with Crippen LogP contribution >= 0.6 is 0 Å². The Kier molecular flexibility index (Phi) is 6.58. The fourth-order valence-electron chi connectivity index (χ4n) is 4.83. The number of amides is 1. The minimum absolute atomic E-state index is 0.206. The van der Waals surface area contributed by atoms with Crippen LogP contribution in [0.2, 0.25) is 0 Å². The largest absolute Gasteiger partial charge is 0.342 e. The summed E-state index contributed by atoms with van der Waals surface area (Å²) in [5.41, 5.74) is 3.29. The van der Waals surface area contributed by atoms with Gasteiger partial charge in [-0.05, 0) is 67.3 Å². The van der Waals surface area contributed by atoms with E-state index in [0.717, 1.165) is 55.6 Å². The molecule has 2 fully saturated rings. The Morgan fingerprint density at radius 2 is 1.72 bits per heavy atom. The summed E-state index contributed by atoms with van der Waals surface area (Å²) >= 11 is 0. The van der Waals surface area contributed by atoms with Gasteiger partial charge in [-0.2, -0.15) is 0 Å². The Morgan fingerprint density at radius 3 is 2.45 bits per heavy atom. The molecule has 29 heavy (non-hydrogen) atoms. The molecule has 154 valence electrons. The number of likely N-dealkylation sites (tertiary alicyclic amines) is 1. The molecule has 0 radical (unpaired) electrons. The third-order valence-electron chi connectivity index (χ3n) is 6.55. The first-order chi connectivity index (χ1) is 14.2. The van der Waals surface area contributed by atoms with Crippen LogP contribution in [-0.4, -0.2) is 28.9 Å². The van der Waals surface area contributed by atoms with Gasteiger partial charge in [0.2, 0.25) is 5.91 Å². The molecule has 1 saturated carbocycles. The van der Waals surface area contributed by atoms with Crippen molar-refractivity contribution in [3.8, 4) is 0 Å². The molecular weight excluding hydrogens is 363 g/mol. The van der Waals surface area contributed by atoms with E-state index in [1.54, 1.807) is 0 Å². The summed E-state index contributed by atoms with van der Waals surface area (Å²) in [4.78, 5) is 19.6. The first-order valence-corrected chi connectivity index (χ1v) is 11.1. The van der Waals surface area contributed by atoms with Gasteiger partial charge in [-0.25, -0.2) is 4.39 Å². The molecule has 0 spiro atoms. The van der Waals surface area contributed by atoms with Crippen molar-refractivity contribution in [2.24, 2.45) is 5.92 Å². The van der Waals surface area contributed by atoms with Crippen molar-refractivity contribution in [2.45, 2.75) is 63.7 Å². The fourth-order valence-corrected chi connectivity index (χ4v) is 4.83. The quantitative estimate of drug-likeness (QED) is 0.672. The molecule has 1 aromatic heterocycles. The number of nitrogens with zero attached hydrogens (tertiary/aromatic N) is 2. The molecule has 1 aliphatic heterocycles. The molecule has 1 atom stereocenters. The highest BCUT2D eigenvalue weighted by molar-refractivity contribution is 5.76. The molecular formula is C25H31FN2O. The lowest BCUT2D eigenvalue weighted by molar-refractivity contribution is -0.133. The van der Waals surface area contributed by atoms with Gasteiger partial charge in [-0.15, -0.1) is 0 Å². The van der Waals surface area contributed by atoms with Gasteiger partial charge < -0.3 is 4.90 Å². The number of benzene rings is 1. The fraction of sp³-hybridized carbons (Fsp3) is 0.520. The predicted molar refractivity (Wildman–Crippen MR) is 113 cm³/mol. The second-order valence-electron chi connectivity index (χ2n) is 8.78. The average Bonchev–Trinajstić information content (AvgIpc) is 2.77. The molecule has 4 rings (SSSR count). The molecule has 2 aliphatic rings. The van der Waals surface area contributed by atoms with E-state index in [1.807, 2.05) is 18.3 Å². The van der Waals surface area contributed by atoms with Crippen LogP contribution in [0.5, 0.6) is 0 Å². The lowest BCUT2D eigenvalue weighted by Gasteiger charge is -2.34. The lowest BCUT2D eigenvalue weighted by atomic mass is 9.86. The van der Waals surface area contributed by atoms with Crippen LogP contribution in [0.3, 0.4) is 0 Å². The summed E-state index contributed by atoms with van der Waals surface area (Å²) in [6, 6.07) is 10.9. The summed E-state index contributed by atoms with van der Waals surface area (Å²) < 4.78 is 13.1. The van der Waals surface area contributed by atoms with E-state index in [2.05, 4.69) is 17.0 Å². The predicted octanol–water partition coefficient (Wildman–Crippen LogP) is 5.49. The molecule has 3 nitrogen and oxygen atoms in total. The van der Waals surface area contributed by atoms with E-state index in [-0.39, 0.29) is 5.82 Å². The molecule has 0 bridgehead atoms. The van der Waals surface area contributed by atoms with E-state index in [1.165, 1.54) is 44.2 Å². The summed E-state index contributed by atoms with van der Waals surface area (Å²) in [6.45, 7) is 1.70. The molecule has 0 unspecified atom stereocenters. The number of aromatic nitrogens is 1. The Hall–Kier alpha value is -2.23. The Labute approximate surface area is 173 Å². The number of hydrogen-bond donors (Lipinski definition) is 0. The van der Waals surface area contributed by atoms with E-state index in [9.17, 15) is 9.18 Å². The Morgan fingerprint density at radius 1 is 0.966 bits per heavy atom. The third kappa shape index (κ3) is 5.43. The van der Waals surface area contributed by atoms with Crippen LogP contribution < -0.4 is 0 Å². The summed E-state index contributed by atoms with van der Waals surface area (Å²) in [5.74, 6) is 1.07.